The van der Waals surface area contributed by atoms with E-state index in [1.54, 1.807) is 24.3 Å². The Kier molecular flexibility index (Phi) is 8.91. The number of piperidine rings is 1. The summed E-state index contributed by atoms with van der Waals surface area (Å²) in [6.07, 6.45) is 3.99. The van der Waals surface area contributed by atoms with E-state index in [1.807, 2.05) is 30.3 Å². The Hall–Kier alpha value is -3.26. The molecule has 1 atom stereocenters. The number of nitrogens with zero attached hydrogens (tertiary/aromatic N) is 3. The van der Waals surface area contributed by atoms with E-state index in [0.29, 0.717) is 17.4 Å². The molecule has 6 nitrogen and oxygen atoms in total. The van der Waals surface area contributed by atoms with Crippen molar-refractivity contribution in [3.8, 4) is 0 Å². The molecule has 1 aliphatic heterocycles. The van der Waals surface area contributed by atoms with E-state index in [0.717, 1.165) is 51.0 Å². The summed E-state index contributed by atoms with van der Waals surface area (Å²) in [5, 5.41) is 4.80. The van der Waals surface area contributed by atoms with Crippen LogP contribution in [-0.2, 0) is 23.5 Å². The van der Waals surface area contributed by atoms with Crippen molar-refractivity contribution in [2.75, 3.05) is 26.2 Å². The van der Waals surface area contributed by atoms with Crippen LogP contribution in [0.15, 0.2) is 102 Å². The molecule has 1 unspecified atom stereocenters. The van der Waals surface area contributed by atoms with Gasteiger partial charge in [0.15, 0.2) is 0 Å². The van der Waals surface area contributed by atoms with Gasteiger partial charge >= 0.3 is 0 Å². The SMILES string of the molecule is Cn1nc(Cc2ccccc2)cc1C1CCN(CCC(CNS(=O)(=O)c2ccccc2)c2ccccc2)CC1. The minimum Gasteiger partial charge on any atom is -0.303 e. The molecule has 4 aromatic rings. The van der Waals surface area contributed by atoms with Crippen molar-refractivity contribution in [3.05, 3.63) is 120 Å². The van der Waals surface area contributed by atoms with Gasteiger partial charge < -0.3 is 4.90 Å². The van der Waals surface area contributed by atoms with Crippen molar-refractivity contribution in [1.82, 2.24) is 19.4 Å². The summed E-state index contributed by atoms with van der Waals surface area (Å²) in [6.45, 7) is 3.42. The van der Waals surface area contributed by atoms with Gasteiger partial charge in [0.25, 0.3) is 0 Å². The number of aryl methyl sites for hydroxylation is 1. The van der Waals surface area contributed by atoms with E-state index in [9.17, 15) is 8.42 Å². The standard InChI is InChI=1S/C32H38N4O2S/c1-35-32(24-30(34-35)23-26-11-5-2-6-12-26)28-17-20-36(21-18-28)22-19-29(27-13-7-3-8-14-27)25-33-39(37,38)31-15-9-4-10-16-31/h2-16,24,28-29,33H,17-23,25H2,1H3. The molecule has 1 saturated heterocycles. The highest BCUT2D eigenvalue weighted by Gasteiger charge is 2.25. The van der Waals surface area contributed by atoms with Gasteiger partial charge in [0.05, 0.1) is 10.6 Å². The second-order valence-electron chi connectivity index (χ2n) is 10.5. The number of aromatic nitrogens is 2. The van der Waals surface area contributed by atoms with Crippen LogP contribution in [0.25, 0.3) is 0 Å². The number of rotatable bonds is 11. The Bertz CT molecular complexity index is 1420. The first-order chi connectivity index (χ1) is 19.0. The highest BCUT2D eigenvalue weighted by molar-refractivity contribution is 7.89. The molecule has 1 aromatic heterocycles. The number of nitrogens with one attached hydrogen (secondary N) is 1. The van der Waals surface area contributed by atoms with Crippen molar-refractivity contribution in [2.45, 2.75) is 42.4 Å². The largest absolute Gasteiger partial charge is 0.303 e. The van der Waals surface area contributed by atoms with Gasteiger partial charge in [-0.1, -0.05) is 78.9 Å². The topological polar surface area (TPSA) is 67.2 Å². The third-order valence-electron chi connectivity index (χ3n) is 7.84. The molecule has 0 amide bonds. The molecule has 1 aliphatic rings. The molecule has 0 saturated carbocycles. The first-order valence-electron chi connectivity index (χ1n) is 13.9. The summed E-state index contributed by atoms with van der Waals surface area (Å²) in [5.41, 5.74) is 4.92. The lowest BCUT2D eigenvalue weighted by atomic mass is 9.91. The minimum atomic E-state index is -3.54. The van der Waals surface area contributed by atoms with E-state index in [2.05, 4.69) is 63.8 Å². The Morgan fingerprint density at radius 1 is 0.897 bits per heavy atom. The van der Waals surface area contributed by atoms with Gasteiger partial charge in [-0.2, -0.15) is 5.10 Å². The Labute approximate surface area is 232 Å². The molecule has 0 radical (unpaired) electrons. The van der Waals surface area contributed by atoms with E-state index >= 15 is 0 Å². The predicted molar refractivity (Wildman–Crippen MR) is 156 cm³/mol. The van der Waals surface area contributed by atoms with Gasteiger partial charge in [0.1, 0.15) is 0 Å². The monoisotopic (exact) mass is 542 g/mol. The van der Waals surface area contributed by atoms with Crippen molar-refractivity contribution < 1.29 is 8.42 Å². The summed E-state index contributed by atoms with van der Waals surface area (Å²) >= 11 is 0. The number of benzene rings is 3. The van der Waals surface area contributed by atoms with Crippen molar-refractivity contribution in [2.24, 2.45) is 7.05 Å². The molecule has 0 spiro atoms. The van der Waals surface area contributed by atoms with Crippen molar-refractivity contribution in [3.63, 3.8) is 0 Å². The van der Waals surface area contributed by atoms with Gasteiger partial charge in [-0.15, -0.1) is 0 Å². The summed E-state index contributed by atoms with van der Waals surface area (Å²) in [4.78, 5) is 2.83. The van der Waals surface area contributed by atoms with Crippen LogP contribution in [0.2, 0.25) is 0 Å². The van der Waals surface area contributed by atoms with E-state index in [-0.39, 0.29) is 5.92 Å². The molecule has 0 aliphatic carbocycles. The smallest absolute Gasteiger partial charge is 0.240 e. The molecule has 2 heterocycles. The highest BCUT2D eigenvalue weighted by atomic mass is 32.2. The number of sulfonamides is 1. The van der Waals surface area contributed by atoms with Crippen LogP contribution in [0.3, 0.4) is 0 Å². The number of likely N-dealkylation sites (tertiary alicyclic amines) is 1. The second-order valence-corrected chi connectivity index (χ2v) is 12.3. The molecule has 39 heavy (non-hydrogen) atoms. The summed E-state index contributed by atoms with van der Waals surface area (Å²) in [7, 11) is -1.47. The van der Waals surface area contributed by atoms with Crippen LogP contribution in [-0.4, -0.2) is 49.3 Å². The lowest BCUT2D eigenvalue weighted by Crippen LogP contribution is -2.36. The fraction of sp³-hybridized carbons (Fsp3) is 0.344. The van der Waals surface area contributed by atoms with Crippen LogP contribution in [0.1, 0.15) is 53.6 Å². The quantitative estimate of drug-likeness (QED) is 0.278. The van der Waals surface area contributed by atoms with Gasteiger partial charge in [0, 0.05) is 31.6 Å². The zero-order valence-corrected chi connectivity index (χ0v) is 23.4. The Balaban J connectivity index is 1.16. The average molecular weight is 543 g/mol. The molecule has 0 bridgehead atoms. The van der Waals surface area contributed by atoms with E-state index in [1.165, 1.54) is 16.8 Å². The van der Waals surface area contributed by atoms with E-state index in [4.69, 9.17) is 5.10 Å². The molecule has 1 N–H and O–H groups in total. The third kappa shape index (κ3) is 7.24. The maximum atomic E-state index is 12.8. The van der Waals surface area contributed by atoms with Gasteiger partial charge in [0.2, 0.25) is 10.0 Å². The normalized spacial score (nSPS) is 15.8. The molecular formula is C32H38N4O2S. The fourth-order valence-corrected chi connectivity index (χ4v) is 6.72. The lowest BCUT2D eigenvalue weighted by Gasteiger charge is -2.33. The number of hydrogen-bond donors (Lipinski definition) is 1. The molecule has 7 heteroatoms. The zero-order valence-electron chi connectivity index (χ0n) is 22.6. The van der Waals surface area contributed by atoms with Gasteiger partial charge in [-0.05, 0) is 74.1 Å². The molecule has 1 fully saturated rings. The molecule has 5 rings (SSSR count). The maximum Gasteiger partial charge on any atom is 0.240 e. The molecule has 204 valence electrons. The summed E-state index contributed by atoms with van der Waals surface area (Å²) < 4.78 is 30.6. The average Bonchev–Trinajstić information content (AvgIpc) is 3.34. The zero-order chi connectivity index (χ0) is 27.1. The predicted octanol–water partition coefficient (Wildman–Crippen LogP) is 5.34. The first-order valence-corrected chi connectivity index (χ1v) is 15.3. The fourth-order valence-electron chi connectivity index (χ4n) is 5.61. The van der Waals surface area contributed by atoms with Crippen molar-refractivity contribution in [1.29, 1.82) is 0 Å². The maximum absolute atomic E-state index is 12.8. The Morgan fingerprint density at radius 2 is 1.51 bits per heavy atom. The number of hydrogen-bond acceptors (Lipinski definition) is 4. The second kappa shape index (κ2) is 12.7. The minimum absolute atomic E-state index is 0.111. The molecule has 3 aromatic carbocycles. The summed E-state index contributed by atoms with van der Waals surface area (Å²) in [5.74, 6) is 0.630. The summed E-state index contributed by atoms with van der Waals surface area (Å²) in [6, 6.07) is 31.7. The van der Waals surface area contributed by atoms with Crippen LogP contribution in [0, 0.1) is 0 Å². The van der Waals surface area contributed by atoms with Crippen LogP contribution >= 0.6 is 0 Å². The third-order valence-corrected chi connectivity index (χ3v) is 9.28. The van der Waals surface area contributed by atoms with E-state index < -0.39 is 10.0 Å². The van der Waals surface area contributed by atoms with Gasteiger partial charge in [-0.3, -0.25) is 4.68 Å². The van der Waals surface area contributed by atoms with Crippen LogP contribution in [0.4, 0.5) is 0 Å². The van der Waals surface area contributed by atoms with Crippen LogP contribution < -0.4 is 4.72 Å². The van der Waals surface area contributed by atoms with Gasteiger partial charge in [-0.25, -0.2) is 13.1 Å². The lowest BCUT2D eigenvalue weighted by molar-refractivity contribution is 0.202. The first kappa shape index (κ1) is 27.3. The van der Waals surface area contributed by atoms with Crippen LogP contribution in [0.5, 0.6) is 0 Å². The van der Waals surface area contributed by atoms with Crippen molar-refractivity contribution >= 4 is 10.0 Å². The highest BCUT2D eigenvalue weighted by Crippen LogP contribution is 2.30. The Morgan fingerprint density at radius 3 is 2.18 bits per heavy atom. The molecular weight excluding hydrogens is 504 g/mol.